The molecule has 192 valence electrons. The van der Waals surface area contributed by atoms with Crippen LogP contribution in [0.5, 0.6) is 0 Å². The molecular formula is C40H26O. The zero-order valence-electron chi connectivity index (χ0n) is 22.5. The first kappa shape index (κ1) is 23.6. The van der Waals surface area contributed by atoms with Gasteiger partial charge >= 0.3 is 0 Å². The Morgan fingerprint density at radius 1 is 0.463 bits per heavy atom. The lowest BCUT2D eigenvalue weighted by Gasteiger charge is -2.22. The van der Waals surface area contributed by atoms with Crippen molar-refractivity contribution in [1.82, 2.24) is 0 Å². The van der Waals surface area contributed by atoms with Crippen LogP contribution in [0.15, 0.2) is 139 Å². The first-order chi connectivity index (χ1) is 20.2. The predicted octanol–water partition coefficient (Wildman–Crippen LogP) is 10.0. The third-order valence-electron chi connectivity index (χ3n) is 8.46. The number of ketones is 1. The molecule has 0 aromatic heterocycles. The molecule has 0 spiro atoms. The van der Waals surface area contributed by atoms with Gasteiger partial charge in [-0.3, -0.25) is 4.79 Å². The third-order valence-corrected chi connectivity index (χ3v) is 8.46. The van der Waals surface area contributed by atoms with Gasteiger partial charge in [-0.25, -0.2) is 0 Å². The van der Waals surface area contributed by atoms with Gasteiger partial charge in [-0.2, -0.15) is 0 Å². The normalized spacial score (nSPS) is 15.4. The highest BCUT2D eigenvalue weighted by molar-refractivity contribution is 6.36. The Labute approximate surface area is 238 Å². The van der Waals surface area contributed by atoms with Crippen molar-refractivity contribution in [2.24, 2.45) is 0 Å². The van der Waals surface area contributed by atoms with E-state index in [1.54, 1.807) is 0 Å². The fraction of sp³-hybridized carbons (Fsp3) is 0.0250. The standard InChI is InChI=1S/C40H26O/c41-40-31(24-37-32-16-6-1-11-26(32)21-27-12-2-7-17-33(27)37)23-30-15-5-10-20-36(30)39(40)25-38-34-18-8-3-13-28(34)22-29-14-4-9-19-35(29)38/h1-22,24-25H,23H2/b31-24+,39-25+. The van der Waals surface area contributed by atoms with Gasteiger partial charge in [-0.05, 0) is 89.6 Å². The number of carbonyl (C=O) groups is 1. The largest absolute Gasteiger partial charge is 0.289 e. The minimum atomic E-state index is 0.0951. The molecule has 1 aliphatic rings. The van der Waals surface area contributed by atoms with E-state index in [2.05, 4.69) is 140 Å². The van der Waals surface area contributed by atoms with E-state index in [0.717, 1.165) is 49.4 Å². The molecule has 0 unspecified atom stereocenters. The van der Waals surface area contributed by atoms with Gasteiger partial charge in [0.05, 0.1) is 0 Å². The fourth-order valence-electron chi connectivity index (χ4n) is 6.51. The minimum absolute atomic E-state index is 0.0951. The van der Waals surface area contributed by atoms with Gasteiger partial charge in [0.1, 0.15) is 0 Å². The molecular weight excluding hydrogens is 496 g/mol. The van der Waals surface area contributed by atoms with Crippen LogP contribution in [0.3, 0.4) is 0 Å². The summed E-state index contributed by atoms with van der Waals surface area (Å²) in [5, 5.41) is 9.34. The Bertz CT molecular complexity index is 2140. The smallest absolute Gasteiger partial charge is 0.190 e. The maximum atomic E-state index is 14.5. The summed E-state index contributed by atoms with van der Waals surface area (Å²) >= 11 is 0. The van der Waals surface area contributed by atoms with E-state index < -0.39 is 0 Å². The second kappa shape index (κ2) is 9.43. The van der Waals surface area contributed by atoms with Crippen molar-refractivity contribution in [3.8, 4) is 0 Å². The third kappa shape index (κ3) is 3.90. The van der Waals surface area contributed by atoms with Gasteiger partial charge in [0.15, 0.2) is 5.78 Å². The average molecular weight is 523 g/mol. The lowest BCUT2D eigenvalue weighted by Crippen LogP contribution is -2.16. The molecule has 8 rings (SSSR count). The molecule has 0 saturated heterocycles. The summed E-state index contributed by atoms with van der Waals surface area (Å²) in [6, 6.07) is 46.7. The zero-order chi connectivity index (χ0) is 27.3. The van der Waals surface area contributed by atoms with Crippen LogP contribution in [0.25, 0.3) is 60.8 Å². The monoisotopic (exact) mass is 522 g/mol. The summed E-state index contributed by atoms with van der Waals surface area (Å²) in [5.41, 5.74) is 5.98. The van der Waals surface area contributed by atoms with Crippen LogP contribution in [0.2, 0.25) is 0 Å². The van der Waals surface area contributed by atoms with Gasteiger partial charge in [0, 0.05) is 17.6 Å². The lowest BCUT2D eigenvalue weighted by molar-refractivity contribution is -0.110. The molecule has 7 aromatic rings. The molecule has 0 saturated carbocycles. The van der Waals surface area contributed by atoms with Crippen molar-refractivity contribution >= 4 is 66.6 Å². The highest BCUT2D eigenvalue weighted by Crippen LogP contribution is 2.38. The van der Waals surface area contributed by atoms with E-state index in [1.807, 2.05) is 6.07 Å². The van der Waals surface area contributed by atoms with Crippen molar-refractivity contribution < 1.29 is 4.79 Å². The van der Waals surface area contributed by atoms with Crippen molar-refractivity contribution in [3.05, 3.63) is 161 Å². The Morgan fingerprint density at radius 2 is 0.878 bits per heavy atom. The van der Waals surface area contributed by atoms with E-state index in [1.165, 1.54) is 27.1 Å². The molecule has 0 amide bonds. The Kier molecular flexibility index (Phi) is 5.43. The molecule has 0 heterocycles. The van der Waals surface area contributed by atoms with E-state index in [0.29, 0.717) is 6.42 Å². The summed E-state index contributed by atoms with van der Waals surface area (Å²) in [4.78, 5) is 14.5. The number of allylic oxidation sites excluding steroid dienone is 2. The molecule has 1 aliphatic carbocycles. The quantitative estimate of drug-likeness (QED) is 0.163. The van der Waals surface area contributed by atoms with Crippen LogP contribution >= 0.6 is 0 Å². The number of hydrogen-bond acceptors (Lipinski definition) is 1. The number of Topliss-reactive ketones (excluding diaryl/α,β-unsaturated/α-hetero) is 1. The first-order valence-electron chi connectivity index (χ1n) is 14.1. The predicted molar refractivity (Wildman–Crippen MR) is 174 cm³/mol. The van der Waals surface area contributed by atoms with Gasteiger partial charge < -0.3 is 0 Å². The molecule has 0 radical (unpaired) electrons. The van der Waals surface area contributed by atoms with Gasteiger partial charge in [0.2, 0.25) is 0 Å². The van der Waals surface area contributed by atoms with E-state index in [-0.39, 0.29) is 5.78 Å². The van der Waals surface area contributed by atoms with Crippen LogP contribution in [-0.2, 0) is 11.2 Å². The maximum absolute atomic E-state index is 14.5. The molecule has 1 heteroatoms. The molecule has 0 bridgehead atoms. The second-order valence-corrected chi connectivity index (χ2v) is 10.9. The molecule has 0 atom stereocenters. The zero-order valence-corrected chi connectivity index (χ0v) is 22.5. The second-order valence-electron chi connectivity index (χ2n) is 10.9. The van der Waals surface area contributed by atoms with Gasteiger partial charge in [-0.15, -0.1) is 0 Å². The van der Waals surface area contributed by atoms with Crippen LogP contribution in [0, 0.1) is 0 Å². The van der Waals surface area contributed by atoms with Crippen LogP contribution in [0.1, 0.15) is 22.3 Å². The topological polar surface area (TPSA) is 17.1 Å². The number of rotatable bonds is 2. The highest BCUT2D eigenvalue weighted by atomic mass is 16.1. The van der Waals surface area contributed by atoms with Crippen LogP contribution < -0.4 is 0 Å². The van der Waals surface area contributed by atoms with E-state index >= 15 is 0 Å². The molecule has 0 N–H and O–H groups in total. The van der Waals surface area contributed by atoms with Gasteiger partial charge in [-0.1, -0.05) is 121 Å². The number of hydrogen-bond donors (Lipinski definition) is 0. The first-order valence-corrected chi connectivity index (χ1v) is 14.1. The highest BCUT2D eigenvalue weighted by Gasteiger charge is 2.26. The molecule has 0 aliphatic heterocycles. The molecule has 1 nitrogen and oxygen atoms in total. The summed E-state index contributed by atoms with van der Waals surface area (Å²) in [6.45, 7) is 0. The van der Waals surface area contributed by atoms with Crippen molar-refractivity contribution in [3.63, 3.8) is 0 Å². The maximum Gasteiger partial charge on any atom is 0.190 e. The average Bonchev–Trinajstić information content (AvgIpc) is 3.02. The molecule has 41 heavy (non-hydrogen) atoms. The van der Waals surface area contributed by atoms with Gasteiger partial charge in [0.25, 0.3) is 0 Å². The Balaban J connectivity index is 1.40. The van der Waals surface area contributed by atoms with Crippen LogP contribution in [-0.4, -0.2) is 5.78 Å². The summed E-state index contributed by atoms with van der Waals surface area (Å²) in [5.74, 6) is 0.0951. The number of benzene rings is 7. The number of fused-ring (bicyclic) bond motifs is 5. The Morgan fingerprint density at radius 3 is 1.39 bits per heavy atom. The van der Waals surface area contributed by atoms with E-state index in [9.17, 15) is 4.79 Å². The molecule has 0 fully saturated rings. The van der Waals surface area contributed by atoms with Crippen molar-refractivity contribution in [2.75, 3.05) is 0 Å². The fourth-order valence-corrected chi connectivity index (χ4v) is 6.51. The number of carbonyl (C=O) groups excluding carboxylic acids is 1. The minimum Gasteiger partial charge on any atom is -0.289 e. The Hall–Kier alpha value is -5.27. The summed E-state index contributed by atoms with van der Waals surface area (Å²) in [6.07, 6.45) is 4.90. The SMILES string of the molecule is O=C1/C(=C/c2c3ccccc3cc3ccccc23)Cc2ccccc2/C1=C\c1c2ccccc2cc2ccccc12. The summed E-state index contributed by atoms with van der Waals surface area (Å²) in [7, 11) is 0. The van der Waals surface area contributed by atoms with Crippen molar-refractivity contribution in [2.45, 2.75) is 6.42 Å². The summed E-state index contributed by atoms with van der Waals surface area (Å²) < 4.78 is 0. The van der Waals surface area contributed by atoms with Crippen LogP contribution in [0.4, 0.5) is 0 Å². The lowest BCUT2D eigenvalue weighted by atomic mass is 9.80. The molecule has 7 aromatic carbocycles. The van der Waals surface area contributed by atoms with Crippen molar-refractivity contribution in [1.29, 1.82) is 0 Å². The van der Waals surface area contributed by atoms with E-state index in [4.69, 9.17) is 0 Å².